The molecule has 0 aliphatic carbocycles. The average Bonchev–Trinajstić information content (AvgIpc) is 2.60. The summed E-state index contributed by atoms with van der Waals surface area (Å²) in [5, 5.41) is 2.95. The van der Waals surface area contributed by atoms with Crippen LogP contribution >= 0.6 is 0 Å². The molecule has 1 heterocycles. The third-order valence-electron chi connectivity index (χ3n) is 4.99. The molecule has 0 spiro atoms. The van der Waals surface area contributed by atoms with Gasteiger partial charge < -0.3 is 16.0 Å². The van der Waals surface area contributed by atoms with Gasteiger partial charge in [-0.2, -0.15) is 0 Å². The Hall–Kier alpha value is -1.88. The molecular formula is C19H29N3O2. The summed E-state index contributed by atoms with van der Waals surface area (Å²) in [6.45, 7) is 6.82. The summed E-state index contributed by atoms with van der Waals surface area (Å²) < 4.78 is 0. The summed E-state index contributed by atoms with van der Waals surface area (Å²) in [7, 11) is 0. The van der Waals surface area contributed by atoms with Crippen molar-refractivity contribution >= 4 is 17.5 Å². The van der Waals surface area contributed by atoms with Crippen LogP contribution in [0, 0.1) is 11.8 Å². The Morgan fingerprint density at radius 1 is 1.25 bits per heavy atom. The topological polar surface area (TPSA) is 75.4 Å². The molecule has 24 heavy (non-hydrogen) atoms. The van der Waals surface area contributed by atoms with Crippen LogP contribution in [0.2, 0.25) is 0 Å². The summed E-state index contributed by atoms with van der Waals surface area (Å²) in [6, 6.07) is 8.08. The van der Waals surface area contributed by atoms with Crippen molar-refractivity contribution in [2.45, 2.75) is 39.5 Å². The van der Waals surface area contributed by atoms with E-state index in [0.29, 0.717) is 0 Å². The molecule has 1 aliphatic heterocycles. The van der Waals surface area contributed by atoms with Crippen molar-refractivity contribution in [1.29, 1.82) is 0 Å². The molecule has 2 rings (SSSR count). The zero-order valence-corrected chi connectivity index (χ0v) is 14.8. The van der Waals surface area contributed by atoms with E-state index in [9.17, 15) is 9.59 Å². The zero-order valence-electron chi connectivity index (χ0n) is 14.8. The molecular weight excluding hydrogens is 302 g/mol. The highest BCUT2D eigenvalue weighted by Gasteiger charge is 2.22. The van der Waals surface area contributed by atoms with E-state index in [1.54, 1.807) is 0 Å². The summed E-state index contributed by atoms with van der Waals surface area (Å²) in [6.07, 6.45) is 3.56. The van der Waals surface area contributed by atoms with Gasteiger partial charge in [0.2, 0.25) is 11.8 Å². The smallest absolute Gasteiger partial charge is 0.227 e. The minimum Gasteiger partial charge on any atom is -0.369 e. The van der Waals surface area contributed by atoms with Crippen LogP contribution in [0.25, 0.3) is 0 Å². The number of piperidine rings is 1. The third kappa shape index (κ3) is 5.34. The van der Waals surface area contributed by atoms with Crippen LogP contribution in [0.4, 0.5) is 5.69 Å². The van der Waals surface area contributed by atoms with Gasteiger partial charge in [0.25, 0.3) is 0 Å². The van der Waals surface area contributed by atoms with Gasteiger partial charge in [-0.1, -0.05) is 26.0 Å². The number of nitrogens with zero attached hydrogens (tertiary/aromatic N) is 1. The molecule has 0 bridgehead atoms. The molecule has 0 saturated carbocycles. The highest BCUT2D eigenvalue weighted by molar-refractivity contribution is 5.92. The number of hydrogen-bond donors (Lipinski definition) is 2. The van der Waals surface area contributed by atoms with E-state index in [1.165, 1.54) is 5.56 Å². The molecule has 1 fully saturated rings. The predicted molar refractivity (Wildman–Crippen MR) is 96.6 cm³/mol. The number of rotatable bonds is 7. The molecule has 1 aliphatic rings. The molecule has 132 valence electrons. The van der Waals surface area contributed by atoms with Crippen molar-refractivity contribution in [2.75, 3.05) is 25.0 Å². The van der Waals surface area contributed by atoms with Crippen molar-refractivity contribution in [2.24, 2.45) is 17.6 Å². The van der Waals surface area contributed by atoms with E-state index in [-0.39, 0.29) is 23.7 Å². The van der Waals surface area contributed by atoms with E-state index >= 15 is 0 Å². The molecule has 1 atom stereocenters. The largest absolute Gasteiger partial charge is 0.369 e. The Morgan fingerprint density at radius 3 is 2.42 bits per heavy atom. The van der Waals surface area contributed by atoms with E-state index in [4.69, 9.17) is 5.73 Å². The average molecular weight is 331 g/mol. The van der Waals surface area contributed by atoms with E-state index in [0.717, 1.165) is 51.0 Å². The first-order valence-corrected chi connectivity index (χ1v) is 8.91. The van der Waals surface area contributed by atoms with Gasteiger partial charge in [0, 0.05) is 24.1 Å². The van der Waals surface area contributed by atoms with Gasteiger partial charge in [0.05, 0.1) is 0 Å². The fourth-order valence-corrected chi connectivity index (χ4v) is 2.93. The Morgan fingerprint density at radius 2 is 1.88 bits per heavy atom. The second-order valence-electron chi connectivity index (χ2n) is 6.76. The van der Waals surface area contributed by atoms with Crippen LogP contribution in [0.3, 0.4) is 0 Å². The van der Waals surface area contributed by atoms with Crippen molar-refractivity contribution in [3.63, 3.8) is 0 Å². The van der Waals surface area contributed by atoms with Gasteiger partial charge in [0.1, 0.15) is 0 Å². The van der Waals surface area contributed by atoms with Crippen LogP contribution in [0.5, 0.6) is 0 Å². The summed E-state index contributed by atoms with van der Waals surface area (Å²) in [5.41, 5.74) is 7.48. The van der Waals surface area contributed by atoms with E-state index in [2.05, 4.69) is 22.3 Å². The molecule has 0 radical (unpaired) electrons. The highest BCUT2D eigenvalue weighted by atomic mass is 16.2. The van der Waals surface area contributed by atoms with Crippen molar-refractivity contribution < 1.29 is 9.59 Å². The van der Waals surface area contributed by atoms with Gasteiger partial charge in [-0.15, -0.1) is 0 Å². The standard InChI is InChI=1S/C19H29N3O2/c1-3-14(2)19(24)21-17-6-4-15(5-7-17)8-11-22-12-9-16(10-13-22)18(20)23/h4-7,14,16H,3,8-13H2,1-2H3,(H2,20,23)(H,21,24)/t14-/m1/s1. The first-order chi connectivity index (χ1) is 11.5. The number of likely N-dealkylation sites (tertiary alicyclic amines) is 1. The minimum absolute atomic E-state index is 0.0352. The molecule has 0 unspecified atom stereocenters. The normalized spacial score (nSPS) is 17.4. The number of amides is 2. The first kappa shape index (κ1) is 18.5. The van der Waals surface area contributed by atoms with Crippen molar-refractivity contribution in [3.05, 3.63) is 29.8 Å². The lowest BCUT2D eigenvalue weighted by Crippen LogP contribution is -2.39. The SMILES string of the molecule is CC[C@@H](C)C(=O)Nc1ccc(CCN2CCC(C(N)=O)CC2)cc1. The Balaban J connectivity index is 1.76. The lowest BCUT2D eigenvalue weighted by molar-refractivity contribution is -0.123. The van der Waals surface area contributed by atoms with Crippen LogP contribution in [0.1, 0.15) is 38.7 Å². The fraction of sp³-hybridized carbons (Fsp3) is 0.579. The third-order valence-corrected chi connectivity index (χ3v) is 4.99. The number of carbonyl (C=O) groups excluding carboxylic acids is 2. The predicted octanol–water partition coefficient (Wildman–Crippen LogP) is 2.41. The number of anilines is 1. The number of hydrogen-bond acceptors (Lipinski definition) is 3. The second-order valence-corrected chi connectivity index (χ2v) is 6.76. The summed E-state index contributed by atoms with van der Waals surface area (Å²) in [5.74, 6) is -0.00471. The van der Waals surface area contributed by atoms with E-state index < -0.39 is 0 Å². The summed E-state index contributed by atoms with van der Waals surface area (Å²) in [4.78, 5) is 25.5. The quantitative estimate of drug-likeness (QED) is 0.805. The molecule has 1 aromatic rings. The fourth-order valence-electron chi connectivity index (χ4n) is 2.93. The van der Waals surface area contributed by atoms with E-state index in [1.807, 2.05) is 26.0 Å². The Kier molecular flexibility index (Phi) is 6.79. The molecule has 5 heteroatoms. The number of nitrogens with one attached hydrogen (secondary N) is 1. The monoisotopic (exact) mass is 331 g/mol. The second kappa shape index (κ2) is 8.83. The molecule has 2 amide bonds. The Labute approximate surface area is 144 Å². The lowest BCUT2D eigenvalue weighted by atomic mass is 9.96. The number of benzene rings is 1. The minimum atomic E-state index is -0.162. The van der Waals surface area contributed by atoms with Crippen LogP contribution in [-0.2, 0) is 16.0 Å². The molecule has 1 aromatic carbocycles. The summed E-state index contributed by atoms with van der Waals surface area (Å²) >= 11 is 0. The van der Waals surface area contributed by atoms with Crippen LogP contribution in [-0.4, -0.2) is 36.3 Å². The van der Waals surface area contributed by atoms with Gasteiger partial charge in [-0.25, -0.2) is 0 Å². The number of carbonyl (C=O) groups is 2. The highest BCUT2D eigenvalue weighted by Crippen LogP contribution is 2.17. The van der Waals surface area contributed by atoms with Gasteiger partial charge in [-0.05, 0) is 56.5 Å². The maximum absolute atomic E-state index is 11.9. The first-order valence-electron chi connectivity index (χ1n) is 8.91. The van der Waals surface area contributed by atoms with Crippen LogP contribution in [0.15, 0.2) is 24.3 Å². The molecule has 3 N–H and O–H groups in total. The number of nitrogens with two attached hydrogens (primary N) is 1. The van der Waals surface area contributed by atoms with Crippen molar-refractivity contribution in [1.82, 2.24) is 4.90 Å². The van der Waals surface area contributed by atoms with Gasteiger partial charge in [-0.3, -0.25) is 9.59 Å². The molecule has 1 saturated heterocycles. The maximum Gasteiger partial charge on any atom is 0.227 e. The maximum atomic E-state index is 11.9. The Bertz CT molecular complexity index is 548. The zero-order chi connectivity index (χ0) is 17.5. The molecule has 5 nitrogen and oxygen atoms in total. The van der Waals surface area contributed by atoms with Crippen molar-refractivity contribution in [3.8, 4) is 0 Å². The van der Waals surface area contributed by atoms with Gasteiger partial charge in [0.15, 0.2) is 0 Å². The molecule has 0 aromatic heterocycles. The van der Waals surface area contributed by atoms with Crippen LogP contribution < -0.4 is 11.1 Å². The number of primary amides is 1. The lowest BCUT2D eigenvalue weighted by Gasteiger charge is -2.30. The van der Waals surface area contributed by atoms with Gasteiger partial charge >= 0.3 is 0 Å².